The van der Waals surface area contributed by atoms with Crippen molar-refractivity contribution in [1.29, 1.82) is 0 Å². The van der Waals surface area contributed by atoms with Crippen molar-refractivity contribution in [1.82, 2.24) is 0 Å². The Balaban J connectivity index is 2.34. The molecule has 1 atom stereocenters. The topological polar surface area (TPSA) is 66.4 Å². The Morgan fingerprint density at radius 2 is 1.85 bits per heavy atom. The lowest BCUT2D eigenvalue weighted by atomic mass is 10.0. The van der Waals surface area contributed by atoms with Crippen LogP contribution in [0.25, 0.3) is 0 Å². The van der Waals surface area contributed by atoms with Crippen LogP contribution in [0.3, 0.4) is 0 Å². The average Bonchev–Trinajstić information content (AvgIpc) is 2.37. The number of halogens is 1. The lowest BCUT2D eigenvalue weighted by molar-refractivity contribution is 0.215. The lowest BCUT2D eigenvalue weighted by Crippen LogP contribution is -2.10. The molecule has 106 valence electrons. The first-order valence-electron chi connectivity index (χ1n) is 5.87. The quantitative estimate of drug-likeness (QED) is 0.909. The summed E-state index contributed by atoms with van der Waals surface area (Å²) in [6.07, 6.45) is -0.120. The van der Waals surface area contributed by atoms with Gasteiger partial charge < -0.3 is 5.11 Å². The third-order valence-electron chi connectivity index (χ3n) is 2.71. The third-order valence-corrected chi connectivity index (χ3v) is 3.31. The van der Waals surface area contributed by atoms with Gasteiger partial charge in [-0.05, 0) is 23.8 Å². The predicted molar refractivity (Wildman–Crippen MR) is 75.4 cm³/mol. The molecule has 0 aliphatic carbocycles. The van der Waals surface area contributed by atoms with E-state index in [0.29, 0.717) is 11.3 Å². The minimum Gasteiger partial charge on any atom is -0.384 e. The summed E-state index contributed by atoms with van der Waals surface area (Å²) >= 11 is 0. The molecule has 0 bridgehead atoms. The summed E-state index contributed by atoms with van der Waals surface area (Å²) in [5.41, 5.74) is 0.869. The highest BCUT2D eigenvalue weighted by Crippen LogP contribution is 2.26. The van der Waals surface area contributed by atoms with Gasteiger partial charge in [0.2, 0.25) is 10.0 Å². The average molecular weight is 295 g/mol. The van der Waals surface area contributed by atoms with Gasteiger partial charge in [-0.3, -0.25) is 4.72 Å². The van der Waals surface area contributed by atoms with Gasteiger partial charge in [-0.2, -0.15) is 0 Å². The first-order valence-corrected chi connectivity index (χ1v) is 7.76. The van der Waals surface area contributed by atoms with Crippen molar-refractivity contribution in [3.05, 3.63) is 65.5 Å². The van der Waals surface area contributed by atoms with Crippen LogP contribution in [0.15, 0.2) is 48.5 Å². The molecule has 4 nitrogen and oxygen atoms in total. The Bertz CT molecular complexity index is 716. The van der Waals surface area contributed by atoms with Gasteiger partial charge in [0.1, 0.15) is 11.9 Å². The summed E-state index contributed by atoms with van der Waals surface area (Å²) in [6.45, 7) is 0. The zero-order valence-corrected chi connectivity index (χ0v) is 11.6. The van der Waals surface area contributed by atoms with Gasteiger partial charge in [-0.15, -0.1) is 0 Å². The second-order valence-corrected chi connectivity index (χ2v) is 6.17. The van der Waals surface area contributed by atoms with Gasteiger partial charge in [0.15, 0.2) is 0 Å². The normalized spacial score (nSPS) is 12.9. The van der Waals surface area contributed by atoms with Crippen LogP contribution in [-0.4, -0.2) is 19.8 Å². The number of sulfonamides is 1. The summed E-state index contributed by atoms with van der Waals surface area (Å²) in [7, 11) is -3.40. The standard InChI is InChI=1S/C14H14FNO3S/c1-20(18,19)16-11-6-4-5-10(9-11)14(17)12-7-2-3-8-13(12)15/h2-9,14,16-17H,1H3. The minimum absolute atomic E-state index is 0.143. The molecule has 0 aromatic heterocycles. The number of aliphatic hydroxyl groups is 1. The first-order chi connectivity index (χ1) is 9.37. The van der Waals surface area contributed by atoms with E-state index in [2.05, 4.69) is 4.72 Å². The van der Waals surface area contributed by atoms with Gasteiger partial charge >= 0.3 is 0 Å². The number of nitrogens with one attached hydrogen (secondary N) is 1. The van der Waals surface area contributed by atoms with E-state index in [4.69, 9.17) is 0 Å². The lowest BCUT2D eigenvalue weighted by Gasteiger charge is -2.13. The smallest absolute Gasteiger partial charge is 0.229 e. The fourth-order valence-electron chi connectivity index (χ4n) is 1.86. The van der Waals surface area contributed by atoms with Crippen molar-refractivity contribution in [3.63, 3.8) is 0 Å². The van der Waals surface area contributed by atoms with Crippen LogP contribution in [0, 0.1) is 5.82 Å². The van der Waals surface area contributed by atoms with E-state index >= 15 is 0 Å². The van der Waals surface area contributed by atoms with Crippen LogP contribution >= 0.6 is 0 Å². The summed E-state index contributed by atoms with van der Waals surface area (Å²) < 4.78 is 38.3. The van der Waals surface area contributed by atoms with Gasteiger partial charge in [0.25, 0.3) is 0 Å². The molecule has 0 saturated heterocycles. The number of hydrogen-bond donors (Lipinski definition) is 2. The van der Waals surface area contributed by atoms with Gasteiger partial charge in [0.05, 0.1) is 6.26 Å². The van der Waals surface area contributed by atoms with Crippen molar-refractivity contribution in [2.75, 3.05) is 11.0 Å². The zero-order valence-electron chi connectivity index (χ0n) is 10.7. The van der Waals surface area contributed by atoms with E-state index in [1.807, 2.05) is 0 Å². The summed E-state index contributed by atoms with van der Waals surface area (Å²) in [6, 6.07) is 12.1. The fourth-order valence-corrected chi connectivity index (χ4v) is 2.42. The molecule has 2 N–H and O–H groups in total. The summed E-state index contributed by atoms with van der Waals surface area (Å²) in [5.74, 6) is -0.513. The molecule has 2 aromatic rings. The van der Waals surface area contributed by atoms with Crippen molar-refractivity contribution in [2.45, 2.75) is 6.10 Å². The van der Waals surface area contributed by atoms with Crippen molar-refractivity contribution in [2.24, 2.45) is 0 Å². The Labute approximate surface area is 116 Å². The Morgan fingerprint density at radius 1 is 1.15 bits per heavy atom. The number of aliphatic hydroxyl groups excluding tert-OH is 1. The monoisotopic (exact) mass is 295 g/mol. The fraction of sp³-hybridized carbons (Fsp3) is 0.143. The molecule has 1 unspecified atom stereocenters. The zero-order chi connectivity index (χ0) is 14.8. The van der Waals surface area contributed by atoms with Gasteiger partial charge in [0, 0.05) is 11.3 Å². The molecule has 0 amide bonds. The molecule has 2 rings (SSSR count). The molecule has 0 fully saturated rings. The van der Waals surface area contributed by atoms with Crippen LogP contribution in [0.4, 0.5) is 10.1 Å². The maximum absolute atomic E-state index is 13.6. The molecular weight excluding hydrogens is 281 g/mol. The Hall–Kier alpha value is -1.92. The molecule has 0 heterocycles. The Kier molecular flexibility index (Phi) is 4.06. The highest BCUT2D eigenvalue weighted by Gasteiger charge is 2.15. The number of rotatable bonds is 4. The molecule has 6 heteroatoms. The number of benzene rings is 2. The molecule has 0 saturated carbocycles. The molecule has 0 spiro atoms. The predicted octanol–water partition coefficient (Wildman–Crippen LogP) is 2.28. The highest BCUT2D eigenvalue weighted by molar-refractivity contribution is 7.92. The van der Waals surface area contributed by atoms with Crippen LogP contribution in [0.2, 0.25) is 0 Å². The highest BCUT2D eigenvalue weighted by atomic mass is 32.2. The molecule has 2 aromatic carbocycles. The van der Waals surface area contributed by atoms with Gasteiger partial charge in [-0.25, -0.2) is 12.8 Å². The van der Waals surface area contributed by atoms with Crippen molar-refractivity contribution >= 4 is 15.7 Å². The summed E-state index contributed by atoms with van der Waals surface area (Å²) in [4.78, 5) is 0. The SMILES string of the molecule is CS(=O)(=O)Nc1cccc(C(O)c2ccccc2F)c1. The maximum atomic E-state index is 13.6. The largest absolute Gasteiger partial charge is 0.384 e. The van der Waals surface area contributed by atoms with E-state index in [0.717, 1.165) is 6.26 Å². The van der Waals surface area contributed by atoms with Crippen LogP contribution in [0.1, 0.15) is 17.2 Å². The van der Waals surface area contributed by atoms with Crippen molar-refractivity contribution < 1.29 is 17.9 Å². The number of anilines is 1. The molecule has 20 heavy (non-hydrogen) atoms. The molecule has 0 aliphatic rings. The van der Waals surface area contributed by atoms with E-state index in [1.54, 1.807) is 24.3 Å². The second kappa shape index (κ2) is 5.60. The number of hydrogen-bond acceptors (Lipinski definition) is 3. The van der Waals surface area contributed by atoms with E-state index in [9.17, 15) is 17.9 Å². The Morgan fingerprint density at radius 3 is 2.50 bits per heavy atom. The molecule has 0 radical (unpaired) electrons. The summed E-state index contributed by atoms with van der Waals surface area (Å²) in [5, 5.41) is 10.2. The van der Waals surface area contributed by atoms with E-state index in [-0.39, 0.29) is 5.56 Å². The van der Waals surface area contributed by atoms with Gasteiger partial charge in [-0.1, -0.05) is 30.3 Å². The first kappa shape index (κ1) is 14.5. The van der Waals surface area contributed by atoms with Crippen LogP contribution < -0.4 is 4.72 Å². The minimum atomic E-state index is -3.40. The van der Waals surface area contributed by atoms with E-state index < -0.39 is 21.9 Å². The maximum Gasteiger partial charge on any atom is 0.229 e. The molecule has 0 aliphatic heterocycles. The van der Waals surface area contributed by atoms with E-state index in [1.165, 1.54) is 24.3 Å². The van der Waals surface area contributed by atoms with Crippen LogP contribution in [0.5, 0.6) is 0 Å². The van der Waals surface area contributed by atoms with Crippen LogP contribution in [-0.2, 0) is 10.0 Å². The molecular formula is C14H14FNO3S. The van der Waals surface area contributed by atoms with Crippen molar-refractivity contribution in [3.8, 4) is 0 Å². The third kappa shape index (κ3) is 3.55. The second-order valence-electron chi connectivity index (χ2n) is 4.42.